The zero-order valence-electron chi connectivity index (χ0n) is 13.3. The first kappa shape index (κ1) is 19.9. The van der Waals surface area contributed by atoms with Crippen LogP contribution in [0.2, 0.25) is 0 Å². The molecule has 0 unspecified atom stereocenters. The number of likely N-dealkylation sites (N-methyl/N-ethyl adjacent to an activating group) is 1. The minimum Gasteiger partial charge on any atom is -0.370 e. The second kappa shape index (κ2) is 11.6. The Morgan fingerprint density at radius 2 is 1.80 bits per heavy atom. The number of nitrogens with zero attached hydrogens (tertiary/aromatic N) is 3. The number of rotatable bonds is 7. The van der Waals surface area contributed by atoms with Crippen LogP contribution in [0.3, 0.4) is 0 Å². The van der Waals surface area contributed by atoms with Gasteiger partial charge < -0.3 is 16.0 Å². The van der Waals surface area contributed by atoms with E-state index >= 15 is 0 Å². The van der Waals surface area contributed by atoms with Crippen LogP contribution in [0, 0.1) is 5.92 Å². The Morgan fingerprint density at radius 3 is 2.35 bits per heavy atom. The maximum atomic E-state index is 5.83. The van der Waals surface area contributed by atoms with Gasteiger partial charge in [0.2, 0.25) is 0 Å². The summed E-state index contributed by atoms with van der Waals surface area (Å²) in [7, 11) is 0. The zero-order chi connectivity index (χ0) is 14.1. The van der Waals surface area contributed by atoms with Crippen molar-refractivity contribution in [2.75, 3.05) is 52.4 Å². The summed E-state index contributed by atoms with van der Waals surface area (Å²) in [4.78, 5) is 9.31. The molecule has 1 saturated heterocycles. The Kier molecular flexibility index (Phi) is 11.5. The van der Waals surface area contributed by atoms with Crippen molar-refractivity contribution in [3.8, 4) is 0 Å². The minimum absolute atomic E-state index is 0. The number of halogens is 1. The van der Waals surface area contributed by atoms with Gasteiger partial charge in [0.15, 0.2) is 5.96 Å². The zero-order valence-corrected chi connectivity index (χ0v) is 15.6. The summed E-state index contributed by atoms with van der Waals surface area (Å²) in [5.41, 5.74) is 5.83. The topological polar surface area (TPSA) is 56.9 Å². The maximum absolute atomic E-state index is 5.83. The van der Waals surface area contributed by atoms with E-state index in [9.17, 15) is 0 Å². The molecule has 0 aromatic rings. The first-order valence-electron chi connectivity index (χ1n) is 7.60. The van der Waals surface area contributed by atoms with Gasteiger partial charge in [-0.15, -0.1) is 24.0 Å². The number of hydrogen-bond donors (Lipinski definition) is 2. The molecule has 1 aliphatic heterocycles. The van der Waals surface area contributed by atoms with Crippen LogP contribution in [0.1, 0.15) is 27.2 Å². The third kappa shape index (κ3) is 8.97. The fraction of sp³-hybridized carbons (Fsp3) is 0.929. The molecule has 0 spiro atoms. The maximum Gasteiger partial charge on any atom is 0.188 e. The van der Waals surface area contributed by atoms with Crippen molar-refractivity contribution in [1.82, 2.24) is 15.1 Å². The molecule has 0 saturated carbocycles. The molecule has 0 aromatic carbocycles. The number of aliphatic imine (C=N–C) groups is 1. The van der Waals surface area contributed by atoms with Gasteiger partial charge in [-0.25, -0.2) is 0 Å². The molecule has 0 amide bonds. The third-order valence-corrected chi connectivity index (χ3v) is 3.63. The van der Waals surface area contributed by atoms with Crippen LogP contribution in [-0.4, -0.2) is 68.1 Å². The smallest absolute Gasteiger partial charge is 0.188 e. The van der Waals surface area contributed by atoms with Crippen molar-refractivity contribution >= 4 is 29.9 Å². The highest BCUT2D eigenvalue weighted by Crippen LogP contribution is 2.00. The fourth-order valence-corrected chi connectivity index (χ4v) is 2.17. The van der Waals surface area contributed by atoms with Crippen LogP contribution in [0.15, 0.2) is 4.99 Å². The molecule has 0 aromatic heterocycles. The van der Waals surface area contributed by atoms with E-state index in [0.29, 0.717) is 11.9 Å². The van der Waals surface area contributed by atoms with Crippen molar-refractivity contribution in [3.05, 3.63) is 0 Å². The van der Waals surface area contributed by atoms with Crippen LogP contribution >= 0.6 is 24.0 Å². The molecule has 1 fully saturated rings. The molecule has 0 bridgehead atoms. The van der Waals surface area contributed by atoms with Crippen molar-refractivity contribution in [3.63, 3.8) is 0 Å². The molecule has 5 nitrogen and oxygen atoms in total. The van der Waals surface area contributed by atoms with Crippen LogP contribution in [0.5, 0.6) is 0 Å². The summed E-state index contributed by atoms with van der Waals surface area (Å²) in [6.45, 7) is 15.3. The fourth-order valence-electron chi connectivity index (χ4n) is 2.17. The van der Waals surface area contributed by atoms with Crippen molar-refractivity contribution in [2.45, 2.75) is 27.2 Å². The number of piperazine rings is 1. The van der Waals surface area contributed by atoms with Gasteiger partial charge in [-0.3, -0.25) is 9.89 Å². The Morgan fingerprint density at radius 1 is 1.20 bits per heavy atom. The van der Waals surface area contributed by atoms with Gasteiger partial charge in [-0.1, -0.05) is 20.8 Å². The molecular weight excluding hydrogens is 365 g/mol. The average molecular weight is 397 g/mol. The second-order valence-corrected chi connectivity index (χ2v) is 5.65. The van der Waals surface area contributed by atoms with E-state index in [1.54, 1.807) is 0 Å². The normalized spacial score (nSPS) is 18.1. The van der Waals surface area contributed by atoms with Crippen molar-refractivity contribution in [1.29, 1.82) is 0 Å². The van der Waals surface area contributed by atoms with Crippen LogP contribution in [-0.2, 0) is 0 Å². The summed E-state index contributed by atoms with van der Waals surface area (Å²) in [6.07, 6.45) is 1.10. The van der Waals surface area contributed by atoms with Crippen LogP contribution < -0.4 is 11.1 Å². The summed E-state index contributed by atoms with van der Waals surface area (Å²) in [5.74, 6) is 1.28. The van der Waals surface area contributed by atoms with Gasteiger partial charge in [0, 0.05) is 45.8 Å². The van der Waals surface area contributed by atoms with Crippen molar-refractivity contribution < 1.29 is 0 Å². The standard InChI is InChI=1S/C14H31N5.HI/c1-4-18-9-11-19(12-10-18)8-7-17-14(15)16-6-5-13(2)3;/h13H,4-12H2,1-3H3,(H3,15,16,17);1H. The Labute approximate surface area is 141 Å². The Hall–Kier alpha value is -0.0800. The molecule has 0 atom stereocenters. The number of hydrogen-bond acceptors (Lipinski definition) is 3. The molecule has 1 heterocycles. The quantitative estimate of drug-likeness (QED) is 0.385. The van der Waals surface area contributed by atoms with E-state index in [4.69, 9.17) is 5.73 Å². The highest BCUT2D eigenvalue weighted by Gasteiger charge is 2.14. The summed E-state index contributed by atoms with van der Waals surface area (Å²) >= 11 is 0. The number of nitrogens with one attached hydrogen (secondary N) is 1. The average Bonchev–Trinajstić information content (AvgIpc) is 2.39. The summed E-state index contributed by atoms with van der Waals surface area (Å²) in [5, 5.41) is 3.20. The molecule has 120 valence electrons. The van der Waals surface area contributed by atoms with E-state index in [1.807, 2.05) is 0 Å². The molecule has 6 heteroatoms. The van der Waals surface area contributed by atoms with E-state index < -0.39 is 0 Å². The van der Waals surface area contributed by atoms with Gasteiger partial charge in [-0.2, -0.15) is 0 Å². The summed E-state index contributed by atoms with van der Waals surface area (Å²) < 4.78 is 0. The molecule has 1 rings (SSSR count). The Bertz CT molecular complexity index is 262. The first-order chi connectivity index (χ1) is 9.11. The van der Waals surface area contributed by atoms with Gasteiger partial charge in [0.05, 0.1) is 0 Å². The number of nitrogens with two attached hydrogens (primary N) is 1. The molecular formula is C14H32IN5. The van der Waals surface area contributed by atoms with Gasteiger partial charge >= 0.3 is 0 Å². The van der Waals surface area contributed by atoms with E-state index in [2.05, 4.69) is 40.9 Å². The predicted molar refractivity (Wildman–Crippen MR) is 97.9 cm³/mol. The van der Waals surface area contributed by atoms with Gasteiger partial charge in [0.1, 0.15) is 0 Å². The second-order valence-electron chi connectivity index (χ2n) is 5.65. The molecule has 3 N–H and O–H groups in total. The minimum atomic E-state index is 0. The lowest BCUT2D eigenvalue weighted by atomic mass is 10.1. The highest BCUT2D eigenvalue weighted by molar-refractivity contribution is 14.0. The van der Waals surface area contributed by atoms with Crippen LogP contribution in [0.25, 0.3) is 0 Å². The van der Waals surface area contributed by atoms with E-state index in [-0.39, 0.29) is 24.0 Å². The largest absolute Gasteiger partial charge is 0.370 e. The molecule has 0 radical (unpaired) electrons. The SMILES string of the molecule is CCN1CCN(CCNC(N)=NCCC(C)C)CC1.I. The molecule has 0 aliphatic carbocycles. The molecule has 1 aliphatic rings. The van der Waals surface area contributed by atoms with Gasteiger partial charge in [-0.05, 0) is 18.9 Å². The third-order valence-electron chi connectivity index (χ3n) is 3.63. The lowest BCUT2D eigenvalue weighted by Gasteiger charge is -2.33. The van der Waals surface area contributed by atoms with Crippen LogP contribution in [0.4, 0.5) is 0 Å². The monoisotopic (exact) mass is 397 g/mol. The molecule has 20 heavy (non-hydrogen) atoms. The van der Waals surface area contributed by atoms with E-state index in [1.165, 1.54) is 32.7 Å². The lowest BCUT2D eigenvalue weighted by molar-refractivity contribution is 0.139. The predicted octanol–water partition coefficient (Wildman–Crippen LogP) is 1.19. The van der Waals surface area contributed by atoms with Crippen molar-refractivity contribution in [2.24, 2.45) is 16.6 Å². The van der Waals surface area contributed by atoms with E-state index in [0.717, 1.165) is 26.1 Å². The Balaban J connectivity index is 0.00000361. The first-order valence-corrected chi connectivity index (χ1v) is 7.60. The van der Waals surface area contributed by atoms with Gasteiger partial charge in [0.25, 0.3) is 0 Å². The highest BCUT2D eigenvalue weighted by atomic mass is 127. The lowest BCUT2D eigenvalue weighted by Crippen LogP contribution is -2.48. The summed E-state index contributed by atoms with van der Waals surface area (Å²) in [6, 6.07) is 0. The number of guanidine groups is 1.